The van der Waals surface area contributed by atoms with Gasteiger partial charge in [-0.3, -0.25) is 4.79 Å². The molecule has 0 unspecified atom stereocenters. The third kappa shape index (κ3) is 3.13. The van der Waals surface area contributed by atoms with Gasteiger partial charge in [-0.05, 0) is 35.7 Å². The maximum absolute atomic E-state index is 12.2. The molecule has 2 aromatic rings. The molecule has 0 aromatic heterocycles. The van der Waals surface area contributed by atoms with E-state index in [1.165, 1.54) is 0 Å². The molecule has 1 amide bonds. The van der Waals surface area contributed by atoms with E-state index in [2.05, 4.69) is 19.2 Å². The Bertz CT molecular complexity index is 591. The first-order valence-electron chi connectivity index (χ1n) is 6.33. The molecule has 0 aliphatic rings. The van der Waals surface area contributed by atoms with E-state index in [-0.39, 0.29) is 5.91 Å². The van der Waals surface area contributed by atoms with Crippen LogP contribution < -0.4 is 11.1 Å². The molecule has 19 heavy (non-hydrogen) atoms. The molecule has 0 aliphatic heterocycles. The molecule has 0 saturated heterocycles. The highest BCUT2D eigenvalue weighted by Crippen LogP contribution is 2.19. The van der Waals surface area contributed by atoms with Gasteiger partial charge in [0.15, 0.2) is 0 Å². The van der Waals surface area contributed by atoms with Crippen LogP contribution in [0.15, 0.2) is 48.5 Å². The minimum Gasteiger partial charge on any atom is -0.397 e. The molecule has 3 nitrogen and oxygen atoms in total. The van der Waals surface area contributed by atoms with Crippen LogP contribution in [0.1, 0.15) is 35.7 Å². The quantitative estimate of drug-likeness (QED) is 0.821. The molecule has 0 radical (unpaired) electrons. The van der Waals surface area contributed by atoms with Crippen LogP contribution in [0.3, 0.4) is 0 Å². The van der Waals surface area contributed by atoms with Gasteiger partial charge in [0.25, 0.3) is 5.91 Å². The SMILES string of the molecule is CC(C)c1cccc(C(=O)Nc2ccccc2N)c1. The van der Waals surface area contributed by atoms with Crippen LogP contribution in [0.4, 0.5) is 11.4 Å². The molecule has 0 heterocycles. The lowest BCUT2D eigenvalue weighted by Gasteiger charge is -2.10. The van der Waals surface area contributed by atoms with Crippen molar-refractivity contribution in [3.05, 3.63) is 59.7 Å². The van der Waals surface area contributed by atoms with E-state index in [9.17, 15) is 4.79 Å². The third-order valence-electron chi connectivity index (χ3n) is 3.02. The summed E-state index contributed by atoms with van der Waals surface area (Å²) in [6.07, 6.45) is 0. The zero-order valence-corrected chi connectivity index (χ0v) is 11.2. The third-order valence-corrected chi connectivity index (χ3v) is 3.02. The largest absolute Gasteiger partial charge is 0.397 e. The van der Waals surface area contributed by atoms with Gasteiger partial charge in [-0.25, -0.2) is 0 Å². The van der Waals surface area contributed by atoms with Crippen LogP contribution >= 0.6 is 0 Å². The number of para-hydroxylation sites is 2. The second-order valence-corrected chi connectivity index (χ2v) is 4.82. The number of carbonyl (C=O) groups excluding carboxylic acids is 1. The molecule has 3 N–H and O–H groups in total. The number of nitrogens with one attached hydrogen (secondary N) is 1. The summed E-state index contributed by atoms with van der Waals surface area (Å²) in [6.45, 7) is 4.21. The zero-order valence-electron chi connectivity index (χ0n) is 11.2. The Morgan fingerprint density at radius 2 is 1.84 bits per heavy atom. The van der Waals surface area contributed by atoms with Crippen LogP contribution in [-0.2, 0) is 0 Å². The van der Waals surface area contributed by atoms with Crippen LogP contribution in [0, 0.1) is 0 Å². The van der Waals surface area contributed by atoms with E-state index in [0.717, 1.165) is 5.56 Å². The summed E-state index contributed by atoms with van der Waals surface area (Å²) in [4.78, 5) is 12.2. The first-order valence-corrected chi connectivity index (χ1v) is 6.33. The van der Waals surface area contributed by atoms with Crippen LogP contribution in [0.5, 0.6) is 0 Å². The topological polar surface area (TPSA) is 55.1 Å². The molecule has 0 saturated carbocycles. The molecule has 0 atom stereocenters. The van der Waals surface area contributed by atoms with Crippen molar-refractivity contribution in [3.63, 3.8) is 0 Å². The number of anilines is 2. The highest BCUT2D eigenvalue weighted by Gasteiger charge is 2.09. The fourth-order valence-electron chi connectivity index (χ4n) is 1.84. The number of hydrogen-bond acceptors (Lipinski definition) is 2. The zero-order chi connectivity index (χ0) is 13.8. The van der Waals surface area contributed by atoms with Crippen molar-refractivity contribution in [1.82, 2.24) is 0 Å². The van der Waals surface area contributed by atoms with E-state index in [1.54, 1.807) is 18.2 Å². The van der Waals surface area contributed by atoms with E-state index in [1.807, 2.05) is 30.3 Å². The number of carbonyl (C=O) groups is 1. The van der Waals surface area contributed by atoms with Crippen molar-refractivity contribution in [1.29, 1.82) is 0 Å². The van der Waals surface area contributed by atoms with Gasteiger partial charge >= 0.3 is 0 Å². The van der Waals surface area contributed by atoms with Gasteiger partial charge in [0.05, 0.1) is 11.4 Å². The number of nitrogens with two attached hydrogens (primary N) is 1. The molecule has 3 heteroatoms. The standard InChI is InChI=1S/C16H18N2O/c1-11(2)12-6-5-7-13(10-12)16(19)18-15-9-4-3-8-14(15)17/h3-11H,17H2,1-2H3,(H,18,19). The lowest BCUT2D eigenvalue weighted by atomic mass is 10.0. The molecule has 0 fully saturated rings. The minimum atomic E-state index is -0.139. The molecular weight excluding hydrogens is 236 g/mol. The summed E-state index contributed by atoms with van der Waals surface area (Å²) in [6, 6.07) is 14.9. The van der Waals surface area contributed by atoms with Gasteiger partial charge in [0.2, 0.25) is 0 Å². The average Bonchev–Trinajstić information content (AvgIpc) is 2.41. The second kappa shape index (κ2) is 5.57. The lowest BCUT2D eigenvalue weighted by Crippen LogP contribution is -2.13. The van der Waals surface area contributed by atoms with Gasteiger partial charge in [-0.2, -0.15) is 0 Å². The minimum absolute atomic E-state index is 0.139. The van der Waals surface area contributed by atoms with Crippen molar-refractivity contribution in [3.8, 4) is 0 Å². The Morgan fingerprint density at radius 1 is 1.11 bits per heavy atom. The van der Waals surface area contributed by atoms with Gasteiger partial charge in [-0.1, -0.05) is 38.1 Å². The summed E-state index contributed by atoms with van der Waals surface area (Å²) in [7, 11) is 0. The molecule has 98 valence electrons. The number of hydrogen-bond donors (Lipinski definition) is 2. The molecule has 0 spiro atoms. The molecule has 2 aromatic carbocycles. The smallest absolute Gasteiger partial charge is 0.255 e. The first kappa shape index (κ1) is 13.1. The number of rotatable bonds is 3. The lowest BCUT2D eigenvalue weighted by molar-refractivity contribution is 0.102. The second-order valence-electron chi connectivity index (χ2n) is 4.82. The molecule has 0 bridgehead atoms. The van der Waals surface area contributed by atoms with Crippen molar-refractivity contribution >= 4 is 17.3 Å². The van der Waals surface area contributed by atoms with Crippen molar-refractivity contribution in [2.75, 3.05) is 11.1 Å². The fraction of sp³-hybridized carbons (Fsp3) is 0.188. The van der Waals surface area contributed by atoms with Crippen molar-refractivity contribution in [2.45, 2.75) is 19.8 Å². The summed E-state index contributed by atoms with van der Waals surface area (Å²) in [5, 5.41) is 2.83. The molecule has 0 aliphatic carbocycles. The fourth-order valence-corrected chi connectivity index (χ4v) is 1.84. The van der Waals surface area contributed by atoms with Crippen LogP contribution in [0.2, 0.25) is 0 Å². The van der Waals surface area contributed by atoms with Crippen LogP contribution in [0.25, 0.3) is 0 Å². The Kier molecular flexibility index (Phi) is 3.85. The van der Waals surface area contributed by atoms with E-state index in [0.29, 0.717) is 22.9 Å². The van der Waals surface area contributed by atoms with Gasteiger partial charge in [0, 0.05) is 5.56 Å². The van der Waals surface area contributed by atoms with E-state index >= 15 is 0 Å². The predicted molar refractivity (Wildman–Crippen MR) is 79.3 cm³/mol. The Balaban J connectivity index is 2.21. The summed E-state index contributed by atoms with van der Waals surface area (Å²) in [5.74, 6) is 0.259. The Morgan fingerprint density at radius 3 is 2.53 bits per heavy atom. The van der Waals surface area contributed by atoms with Crippen molar-refractivity contribution in [2.24, 2.45) is 0 Å². The van der Waals surface area contributed by atoms with Crippen molar-refractivity contribution < 1.29 is 4.79 Å². The summed E-state index contributed by atoms with van der Waals surface area (Å²) >= 11 is 0. The van der Waals surface area contributed by atoms with Crippen LogP contribution in [-0.4, -0.2) is 5.91 Å². The van der Waals surface area contributed by atoms with Gasteiger partial charge in [0.1, 0.15) is 0 Å². The number of amides is 1. The highest BCUT2D eigenvalue weighted by atomic mass is 16.1. The average molecular weight is 254 g/mol. The maximum Gasteiger partial charge on any atom is 0.255 e. The predicted octanol–water partition coefficient (Wildman–Crippen LogP) is 3.64. The molecular formula is C16H18N2O. The van der Waals surface area contributed by atoms with Gasteiger partial charge < -0.3 is 11.1 Å². The van der Waals surface area contributed by atoms with Gasteiger partial charge in [-0.15, -0.1) is 0 Å². The monoisotopic (exact) mass is 254 g/mol. The summed E-state index contributed by atoms with van der Waals surface area (Å²) in [5.41, 5.74) is 8.81. The summed E-state index contributed by atoms with van der Waals surface area (Å²) < 4.78 is 0. The van der Waals surface area contributed by atoms with E-state index < -0.39 is 0 Å². The number of nitrogen functional groups attached to an aromatic ring is 1. The van der Waals surface area contributed by atoms with E-state index in [4.69, 9.17) is 5.73 Å². The number of benzene rings is 2. The Labute approximate surface area is 113 Å². The highest BCUT2D eigenvalue weighted by molar-refractivity contribution is 6.05. The maximum atomic E-state index is 12.2. The normalized spacial score (nSPS) is 10.5. The Hall–Kier alpha value is -2.29. The molecule has 2 rings (SSSR count). The first-order chi connectivity index (χ1) is 9.08.